The minimum atomic E-state index is 0.378. The zero-order valence-electron chi connectivity index (χ0n) is 13.8. The fraction of sp³-hybridized carbons (Fsp3) is 0.500. The van der Waals surface area contributed by atoms with E-state index in [1.165, 1.54) is 6.42 Å². The lowest BCUT2D eigenvalue weighted by atomic mass is 9.86. The van der Waals surface area contributed by atoms with E-state index in [1.54, 1.807) is 13.4 Å². The fourth-order valence-corrected chi connectivity index (χ4v) is 3.00. The molecule has 1 saturated heterocycles. The van der Waals surface area contributed by atoms with E-state index in [9.17, 15) is 0 Å². The quantitative estimate of drug-likeness (QED) is 0.856. The number of rotatable bonds is 4. The Balaban J connectivity index is 1.71. The first-order valence-electron chi connectivity index (χ1n) is 7.82. The molecule has 1 unspecified atom stereocenters. The highest BCUT2D eigenvalue weighted by Crippen LogP contribution is 2.36. The number of ether oxygens (including phenoxy) is 1. The second kappa shape index (κ2) is 5.76. The van der Waals surface area contributed by atoms with Gasteiger partial charge < -0.3 is 9.15 Å². The standard InChI is InChI=1S/C18H24N2O2/c1-13-18(2,3)9-10-20(13)11-15-12-22-17(19-15)14-5-7-16(21-4)8-6-14/h5-8,12-13H,9-11H2,1-4H3. The maximum Gasteiger partial charge on any atom is 0.226 e. The lowest BCUT2D eigenvalue weighted by molar-refractivity contribution is 0.190. The van der Waals surface area contributed by atoms with Crippen LogP contribution >= 0.6 is 0 Å². The molecule has 0 N–H and O–H groups in total. The molecule has 0 radical (unpaired) electrons. The summed E-state index contributed by atoms with van der Waals surface area (Å²) < 4.78 is 10.8. The molecule has 1 aliphatic heterocycles. The van der Waals surface area contributed by atoms with Gasteiger partial charge in [0.25, 0.3) is 0 Å². The number of hydrogen-bond acceptors (Lipinski definition) is 4. The predicted molar refractivity (Wildman–Crippen MR) is 86.8 cm³/mol. The van der Waals surface area contributed by atoms with Crippen LogP contribution in [0.5, 0.6) is 5.75 Å². The normalized spacial score (nSPS) is 21.2. The molecule has 1 fully saturated rings. The van der Waals surface area contributed by atoms with Crippen molar-refractivity contribution in [3.63, 3.8) is 0 Å². The Morgan fingerprint density at radius 1 is 1.32 bits per heavy atom. The first-order chi connectivity index (χ1) is 10.5. The third-order valence-electron chi connectivity index (χ3n) is 4.98. The van der Waals surface area contributed by atoms with Crippen LogP contribution in [0, 0.1) is 5.41 Å². The Hall–Kier alpha value is -1.81. The average Bonchev–Trinajstić information content (AvgIpc) is 3.08. The Kier molecular flexibility index (Phi) is 3.96. The van der Waals surface area contributed by atoms with Crippen LogP contribution in [0.15, 0.2) is 34.9 Å². The van der Waals surface area contributed by atoms with Gasteiger partial charge in [-0.1, -0.05) is 13.8 Å². The van der Waals surface area contributed by atoms with Crippen LogP contribution in [-0.2, 0) is 6.54 Å². The monoisotopic (exact) mass is 300 g/mol. The molecule has 1 aliphatic rings. The maximum atomic E-state index is 5.64. The number of methoxy groups -OCH3 is 1. The number of oxazole rings is 1. The second-order valence-electron chi connectivity index (χ2n) is 6.76. The molecule has 0 amide bonds. The summed E-state index contributed by atoms with van der Waals surface area (Å²) in [7, 11) is 1.66. The van der Waals surface area contributed by atoms with Crippen LogP contribution in [-0.4, -0.2) is 29.6 Å². The SMILES string of the molecule is COc1ccc(-c2nc(CN3CCC(C)(C)C3C)co2)cc1. The van der Waals surface area contributed by atoms with Crippen LogP contribution < -0.4 is 4.74 Å². The van der Waals surface area contributed by atoms with Crippen molar-refractivity contribution in [1.29, 1.82) is 0 Å². The van der Waals surface area contributed by atoms with E-state index in [2.05, 4.69) is 30.7 Å². The highest BCUT2D eigenvalue weighted by Gasteiger charge is 2.37. The van der Waals surface area contributed by atoms with Gasteiger partial charge in [0.2, 0.25) is 5.89 Å². The Labute approximate surface area is 132 Å². The van der Waals surface area contributed by atoms with Crippen molar-refractivity contribution in [2.45, 2.75) is 39.8 Å². The molecule has 3 rings (SSSR count). The summed E-state index contributed by atoms with van der Waals surface area (Å²) in [5.41, 5.74) is 2.35. The molecule has 4 nitrogen and oxygen atoms in total. The minimum Gasteiger partial charge on any atom is -0.497 e. The van der Waals surface area contributed by atoms with E-state index in [0.717, 1.165) is 30.1 Å². The average molecular weight is 300 g/mol. The van der Waals surface area contributed by atoms with E-state index in [0.29, 0.717) is 17.3 Å². The minimum absolute atomic E-state index is 0.378. The van der Waals surface area contributed by atoms with Crippen molar-refractivity contribution < 1.29 is 9.15 Å². The lowest BCUT2D eigenvalue weighted by Gasteiger charge is -2.28. The van der Waals surface area contributed by atoms with Crippen molar-refractivity contribution in [3.8, 4) is 17.2 Å². The smallest absolute Gasteiger partial charge is 0.226 e. The summed E-state index contributed by atoms with van der Waals surface area (Å²) in [6, 6.07) is 8.34. The first-order valence-corrected chi connectivity index (χ1v) is 7.82. The van der Waals surface area contributed by atoms with Gasteiger partial charge in [0.1, 0.15) is 12.0 Å². The number of hydrogen-bond donors (Lipinski definition) is 0. The largest absolute Gasteiger partial charge is 0.497 e. The molecule has 1 aromatic heterocycles. The summed E-state index contributed by atoms with van der Waals surface area (Å²) in [6.45, 7) is 8.95. The molecular weight excluding hydrogens is 276 g/mol. The molecular formula is C18H24N2O2. The van der Waals surface area contributed by atoms with Crippen molar-refractivity contribution >= 4 is 0 Å². The topological polar surface area (TPSA) is 38.5 Å². The maximum absolute atomic E-state index is 5.64. The number of aromatic nitrogens is 1. The Morgan fingerprint density at radius 2 is 2.05 bits per heavy atom. The third kappa shape index (κ3) is 2.88. The zero-order valence-corrected chi connectivity index (χ0v) is 13.8. The number of nitrogens with zero attached hydrogens (tertiary/aromatic N) is 2. The predicted octanol–water partition coefficient (Wildman–Crippen LogP) is 3.97. The molecule has 0 aliphatic carbocycles. The van der Waals surface area contributed by atoms with Crippen molar-refractivity contribution in [1.82, 2.24) is 9.88 Å². The van der Waals surface area contributed by atoms with Gasteiger partial charge in [-0.05, 0) is 49.6 Å². The Bertz CT molecular complexity index is 631. The van der Waals surface area contributed by atoms with E-state index in [1.807, 2.05) is 24.3 Å². The van der Waals surface area contributed by atoms with Gasteiger partial charge >= 0.3 is 0 Å². The summed E-state index contributed by atoms with van der Waals surface area (Å²) in [5.74, 6) is 1.51. The van der Waals surface area contributed by atoms with E-state index < -0.39 is 0 Å². The fourth-order valence-electron chi connectivity index (χ4n) is 3.00. The van der Waals surface area contributed by atoms with Crippen LogP contribution in [0.2, 0.25) is 0 Å². The second-order valence-corrected chi connectivity index (χ2v) is 6.76. The van der Waals surface area contributed by atoms with Crippen LogP contribution in [0.1, 0.15) is 32.9 Å². The molecule has 0 spiro atoms. The highest BCUT2D eigenvalue weighted by atomic mass is 16.5. The lowest BCUT2D eigenvalue weighted by Crippen LogP contribution is -2.33. The molecule has 2 aromatic rings. The summed E-state index contributed by atoms with van der Waals surface area (Å²) in [5, 5.41) is 0. The summed E-state index contributed by atoms with van der Waals surface area (Å²) >= 11 is 0. The van der Waals surface area contributed by atoms with Crippen LogP contribution in [0.25, 0.3) is 11.5 Å². The molecule has 1 aromatic carbocycles. The van der Waals surface area contributed by atoms with Gasteiger partial charge in [-0.15, -0.1) is 0 Å². The van der Waals surface area contributed by atoms with Gasteiger partial charge in [0.05, 0.1) is 12.8 Å². The zero-order chi connectivity index (χ0) is 15.7. The van der Waals surface area contributed by atoms with Crippen molar-refractivity contribution in [3.05, 3.63) is 36.2 Å². The molecule has 4 heteroatoms. The van der Waals surface area contributed by atoms with Crippen molar-refractivity contribution in [2.24, 2.45) is 5.41 Å². The highest BCUT2D eigenvalue weighted by molar-refractivity contribution is 5.54. The van der Waals surface area contributed by atoms with Crippen molar-refractivity contribution in [2.75, 3.05) is 13.7 Å². The summed E-state index contributed by atoms with van der Waals surface area (Å²) in [6.07, 6.45) is 3.01. The first kappa shape index (κ1) is 15.1. The summed E-state index contributed by atoms with van der Waals surface area (Å²) in [4.78, 5) is 7.11. The number of likely N-dealkylation sites (tertiary alicyclic amines) is 1. The molecule has 0 saturated carbocycles. The molecule has 0 bridgehead atoms. The van der Waals surface area contributed by atoms with Gasteiger partial charge in [0, 0.05) is 18.2 Å². The van der Waals surface area contributed by atoms with Gasteiger partial charge in [0.15, 0.2) is 0 Å². The van der Waals surface area contributed by atoms with Crippen LogP contribution in [0.4, 0.5) is 0 Å². The van der Waals surface area contributed by atoms with Gasteiger partial charge in [-0.2, -0.15) is 0 Å². The van der Waals surface area contributed by atoms with Crippen LogP contribution in [0.3, 0.4) is 0 Å². The van der Waals surface area contributed by atoms with Gasteiger partial charge in [-0.25, -0.2) is 4.98 Å². The molecule has 22 heavy (non-hydrogen) atoms. The van der Waals surface area contributed by atoms with E-state index in [-0.39, 0.29) is 0 Å². The van der Waals surface area contributed by atoms with E-state index in [4.69, 9.17) is 9.15 Å². The van der Waals surface area contributed by atoms with Gasteiger partial charge in [-0.3, -0.25) is 4.90 Å². The Morgan fingerprint density at radius 3 is 2.64 bits per heavy atom. The molecule has 1 atom stereocenters. The molecule has 118 valence electrons. The molecule has 2 heterocycles. The third-order valence-corrected chi connectivity index (χ3v) is 4.98. The number of benzene rings is 1. The van der Waals surface area contributed by atoms with E-state index >= 15 is 0 Å².